The average molecular weight is 319 g/mol. The number of amides is 1. The van der Waals surface area contributed by atoms with Crippen LogP contribution >= 0.6 is 12.4 Å². The van der Waals surface area contributed by atoms with Crippen molar-refractivity contribution in [2.24, 2.45) is 11.8 Å². The first-order valence-corrected chi connectivity index (χ1v) is 8.56. The fourth-order valence-electron chi connectivity index (χ4n) is 3.13. The Hall–Kier alpha value is -0.280. The van der Waals surface area contributed by atoms with Crippen LogP contribution in [-0.2, 0) is 4.79 Å². The lowest BCUT2D eigenvalue weighted by Crippen LogP contribution is -2.40. The molecule has 3 nitrogen and oxygen atoms in total. The van der Waals surface area contributed by atoms with Gasteiger partial charge in [-0.3, -0.25) is 4.79 Å². The van der Waals surface area contributed by atoms with E-state index in [2.05, 4.69) is 37.9 Å². The number of piperidine rings is 1. The van der Waals surface area contributed by atoms with Gasteiger partial charge in [0.2, 0.25) is 5.91 Å². The minimum Gasteiger partial charge on any atom is -0.340 e. The van der Waals surface area contributed by atoms with Crippen LogP contribution in [-0.4, -0.2) is 36.5 Å². The quantitative estimate of drug-likeness (QED) is 0.689. The molecule has 1 N–H and O–H groups in total. The number of nitrogens with one attached hydrogen (secondary N) is 1. The van der Waals surface area contributed by atoms with Gasteiger partial charge in [-0.05, 0) is 58.0 Å². The number of hydrogen-bond acceptors (Lipinski definition) is 2. The zero-order valence-electron chi connectivity index (χ0n) is 14.4. The molecule has 0 aliphatic carbocycles. The third-order valence-electron chi connectivity index (χ3n) is 4.58. The Bertz CT molecular complexity index is 278. The van der Waals surface area contributed by atoms with Crippen LogP contribution in [0.3, 0.4) is 0 Å². The van der Waals surface area contributed by atoms with Gasteiger partial charge >= 0.3 is 0 Å². The summed E-state index contributed by atoms with van der Waals surface area (Å²) in [6, 6.07) is 0.330. The summed E-state index contributed by atoms with van der Waals surface area (Å²) in [4.78, 5) is 14.6. The molecule has 2 atom stereocenters. The molecule has 0 saturated carbocycles. The molecule has 21 heavy (non-hydrogen) atoms. The summed E-state index contributed by atoms with van der Waals surface area (Å²) < 4.78 is 0. The molecule has 1 heterocycles. The van der Waals surface area contributed by atoms with Gasteiger partial charge in [-0.1, -0.05) is 26.7 Å². The van der Waals surface area contributed by atoms with E-state index in [1.807, 2.05) is 0 Å². The van der Waals surface area contributed by atoms with Crippen LogP contribution in [0.15, 0.2) is 0 Å². The molecule has 4 heteroatoms. The van der Waals surface area contributed by atoms with Gasteiger partial charge in [-0.2, -0.15) is 0 Å². The molecule has 0 aromatic heterocycles. The molecule has 1 saturated heterocycles. The Morgan fingerprint density at radius 2 is 2.00 bits per heavy atom. The van der Waals surface area contributed by atoms with Crippen LogP contribution in [0, 0.1) is 11.8 Å². The molecule has 0 radical (unpaired) electrons. The van der Waals surface area contributed by atoms with E-state index < -0.39 is 0 Å². The van der Waals surface area contributed by atoms with Gasteiger partial charge in [0.15, 0.2) is 0 Å². The van der Waals surface area contributed by atoms with Crippen LogP contribution in [0.4, 0.5) is 0 Å². The smallest absolute Gasteiger partial charge is 0.223 e. The molecule has 0 aromatic carbocycles. The largest absolute Gasteiger partial charge is 0.340 e. The van der Waals surface area contributed by atoms with Crippen molar-refractivity contribution in [3.8, 4) is 0 Å². The normalized spacial score (nSPS) is 20.0. The van der Waals surface area contributed by atoms with Crippen LogP contribution in [0.25, 0.3) is 0 Å². The molecule has 1 fully saturated rings. The third-order valence-corrected chi connectivity index (χ3v) is 4.58. The zero-order chi connectivity index (χ0) is 15.0. The molecule has 0 aromatic rings. The van der Waals surface area contributed by atoms with Crippen molar-refractivity contribution in [3.05, 3.63) is 0 Å². The SMILES string of the molecule is CCCCCN(C(=O)CC(C)C1CCCNC1)C(C)C.Cl. The average Bonchev–Trinajstić information content (AvgIpc) is 2.44. The molecule has 2 unspecified atom stereocenters. The lowest BCUT2D eigenvalue weighted by Gasteiger charge is -2.32. The monoisotopic (exact) mass is 318 g/mol. The van der Waals surface area contributed by atoms with Crippen LogP contribution in [0.2, 0.25) is 0 Å². The second-order valence-electron chi connectivity index (χ2n) is 6.68. The van der Waals surface area contributed by atoms with E-state index in [4.69, 9.17) is 0 Å². The first-order chi connectivity index (χ1) is 9.56. The summed E-state index contributed by atoms with van der Waals surface area (Å²) in [5, 5.41) is 3.46. The van der Waals surface area contributed by atoms with Crippen molar-refractivity contribution in [2.75, 3.05) is 19.6 Å². The van der Waals surface area contributed by atoms with Gasteiger partial charge in [0.05, 0.1) is 0 Å². The fraction of sp³-hybridized carbons (Fsp3) is 0.941. The van der Waals surface area contributed by atoms with Crippen LogP contribution < -0.4 is 5.32 Å². The summed E-state index contributed by atoms with van der Waals surface area (Å²) in [5.41, 5.74) is 0. The van der Waals surface area contributed by atoms with E-state index in [-0.39, 0.29) is 12.4 Å². The minimum absolute atomic E-state index is 0. The maximum Gasteiger partial charge on any atom is 0.223 e. The molecule has 0 bridgehead atoms. The molecule has 1 aliphatic rings. The van der Waals surface area contributed by atoms with E-state index in [0.717, 1.165) is 32.5 Å². The lowest BCUT2D eigenvalue weighted by molar-refractivity contribution is -0.134. The van der Waals surface area contributed by atoms with E-state index in [1.54, 1.807) is 0 Å². The summed E-state index contributed by atoms with van der Waals surface area (Å²) >= 11 is 0. The van der Waals surface area contributed by atoms with Crippen molar-refractivity contribution in [3.63, 3.8) is 0 Å². The molecule has 1 amide bonds. The topological polar surface area (TPSA) is 32.3 Å². The summed E-state index contributed by atoms with van der Waals surface area (Å²) in [6.07, 6.45) is 6.83. The van der Waals surface area contributed by atoms with Gasteiger partial charge in [-0.15, -0.1) is 12.4 Å². The maximum absolute atomic E-state index is 12.5. The van der Waals surface area contributed by atoms with Crippen molar-refractivity contribution in [2.45, 2.75) is 72.3 Å². The molecule has 126 valence electrons. The highest BCUT2D eigenvalue weighted by atomic mass is 35.5. The summed E-state index contributed by atoms with van der Waals surface area (Å²) in [7, 11) is 0. The number of unbranched alkanes of at least 4 members (excludes halogenated alkanes) is 2. The molecular weight excluding hydrogens is 284 g/mol. The van der Waals surface area contributed by atoms with Crippen molar-refractivity contribution in [1.29, 1.82) is 0 Å². The van der Waals surface area contributed by atoms with E-state index in [1.165, 1.54) is 25.7 Å². The highest BCUT2D eigenvalue weighted by molar-refractivity contribution is 5.85. The number of carbonyl (C=O) groups is 1. The number of nitrogens with zero attached hydrogens (tertiary/aromatic N) is 1. The maximum atomic E-state index is 12.5. The van der Waals surface area contributed by atoms with Crippen LogP contribution in [0.1, 0.15) is 66.2 Å². The first kappa shape index (κ1) is 20.7. The fourth-order valence-corrected chi connectivity index (χ4v) is 3.13. The number of hydrogen-bond donors (Lipinski definition) is 1. The predicted molar refractivity (Wildman–Crippen MR) is 93.0 cm³/mol. The standard InChI is InChI=1S/C17H34N2O.ClH/c1-5-6-7-11-19(14(2)3)17(20)12-15(4)16-9-8-10-18-13-16;/h14-16,18H,5-13H2,1-4H3;1H. The summed E-state index contributed by atoms with van der Waals surface area (Å²) in [6.45, 7) is 11.9. The van der Waals surface area contributed by atoms with E-state index in [0.29, 0.717) is 23.8 Å². The van der Waals surface area contributed by atoms with Gasteiger partial charge < -0.3 is 10.2 Å². The van der Waals surface area contributed by atoms with Crippen molar-refractivity contribution >= 4 is 18.3 Å². The predicted octanol–water partition coefficient (Wildman–Crippen LogP) is 3.86. The van der Waals surface area contributed by atoms with Gasteiger partial charge in [0.25, 0.3) is 0 Å². The zero-order valence-corrected chi connectivity index (χ0v) is 15.2. The molecular formula is C17H35ClN2O. The van der Waals surface area contributed by atoms with Crippen LogP contribution in [0.5, 0.6) is 0 Å². The Morgan fingerprint density at radius 3 is 2.52 bits per heavy atom. The van der Waals surface area contributed by atoms with E-state index in [9.17, 15) is 4.79 Å². The van der Waals surface area contributed by atoms with Crippen molar-refractivity contribution < 1.29 is 4.79 Å². The third kappa shape index (κ3) is 7.51. The first-order valence-electron chi connectivity index (χ1n) is 8.56. The second kappa shape index (κ2) is 11.3. The summed E-state index contributed by atoms with van der Waals surface area (Å²) in [5.74, 6) is 1.54. The lowest BCUT2D eigenvalue weighted by atomic mass is 9.85. The Labute approximate surface area is 137 Å². The molecule has 0 spiro atoms. The highest BCUT2D eigenvalue weighted by Crippen LogP contribution is 2.23. The number of rotatable bonds is 8. The minimum atomic E-state index is 0. The van der Waals surface area contributed by atoms with E-state index >= 15 is 0 Å². The number of halogens is 1. The molecule has 1 aliphatic heterocycles. The second-order valence-corrected chi connectivity index (χ2v) is 6.68. The van der Waals surface area contributed by atoms with Gasteiger partial charge in [-0.25, -0.2) is 0 Å². The van der Waals surface area contributed by atoms with Crippen molar-refractivity contribution in [1.82, 2.24) is 10.2 Å². The van der Waals surface area contributed by atoms with Gasteiger partial charge in [0.1, 0.15) is 0 Å². The Morgan fingerprint density at radius 1 is 1.29 bits per heavy atom. The highest BCUT2D eigenvalue weighted by Gasteiger charge is 2.25. The Balaban J connectivity index is 0.00000400. The molecule has 1 rings (SSSR count). The Kier molecular flexibility index (Phi) is 11.2. The van der Waals surface area contributed by atoms with Gasteiger partial charge in [0, 0.05) is 19.0 Å². The number of carbonyl (C=O) groups excluding carboxylic acids is 1.